The molecule has 1 aliphatic rings. The van der Waals surface area contributed by atoms with Crippen LogP contribution in [0.4, 0.5) is 5.95 Å². The third-order valence-electron chi connectivity index (χ3n) is 5.76. The highest BCUT2D eigenvalue weighted by atomic mass is 16.2. The Bertz CT molecular complexity index is 1390. The monoisotopic (exact) mass is 431 g/mol. The maximum Gasteiger partial charge on any atom is 0.332 e. The molecule has 1 aromatic carbocycles. The number of hydrogen-bond donors (Lipinski definition) is 1. The Morgan fingerprint density at radius 3 is 2.81 bits per heavy atom. The Balaban J connectivity index is 1.92. The molecule has 1 fully saturated rings. The third-order valence-corrected chi connectivity index (χ3v) is 5.76. The molecule has 0 aliphatic carbocycles. The number of aromatic nitrogens is 4. The summed E-state index contributed by atoms with van der Waals surface area (Å²) in [7, 11) is 1.61. The fourth-order valence-electron chi connectivity index (χ4n) is 4.16. The van der Waals surface area contributed by atoms with Gasteiger partial charge in [-0.2, -0.15) is 10.2 Å². The summed E-state index contributed by atoms with van der Waals surface area (Å²) in [5.41, 5.74) is 7.12. The number of aryl methyl sites for hydroxylation is 1. The van der Waals surface area contributed by atoms with Crippen LogP contribution in [0.5, 0.6) is 0 Å². The van der Waals surface area contributed by atoms with Crippen molar-refractivity contribution in [3.63, 3.8) is 0 Å². The van der Waals surface area contributed by atoms with Crippen molar-refractivity contribution < 1.29 is 0 Å². The van der Waals surface area contributed by atoms with Crippen LogP contribution >= 0.6 is 0 Å². The van der Waals surface area contributed by atoms with E-state index in [2.05, 4.69) is 22.8 Å². The summed E-state index contributed by atoms with van der Waals surface area (Å²) in [4.78, 5) is 33.4. The number of hydrogen-bond acceptors (Lipinski definition) is 6. The molecule has 2 N–H and O–H groups in total. The molecule has 0 unspecified atom stereocenters. The molecule has 1 aliphatic heterocycles. The van der Waals surface area contributed by atoms with Crippen molar-refractivity contribution in [1.82, 2.24) is 18.7 Å². The molecular weight excluding hydrogens is 406 g/mol. The van der Waals surface area contributed by atoms with Crippen molar-refractivity contribution in [2.24, 2.45) is 12.8 Å². The second kappa shape index (κ2) is 8.74. The number of fused-ring (bicyclic) bond motifs is 1. The van der Waals surface area contributed by atoms with Gasteiger partial charge in [-0.3, -0.25) is 18.5 Å². The average molecular weight is 432 g/mol. The van der Waals surface area contributed by atoms with E-state index in [9.17, 15) is 9.59 Å². The van der Waals surface area contributed by atoms with Crippen LogP contribution in [0.25, 0.3) is 11.2 Å². The Morgan fingerprint density at radius 1 is 1.28 bits per heavy atom. The lowest BCUT2D eigenvalue weighted by Gasteiger charge is -2.31. The molecule has 32 heavy (non-hydrogen) atoms. The van der Waals surface area contributed by atoms with Crippen molar-refractivity contribution in [3.8, 4) is 17.9 Å². The summed E-state index contributed by atoms with van der Waals surface area (Å²) in [6.07, 6.45) is 1.88. The van der Waals surface area contributed by atoms with E-state index in [1.165, 1.54) is 9.13 Å². The zero-order chi connectivity index (χ0) is 22.8. The van der Waals surface area contributed by atoms with Crippen LogP contribution in [0, 0.1) is 23.2 Å². The van der Waals surface area contributed by atoms with Gasteiger partial charge in [-0.05, 0) is 37.5 Å². The number of nitrogens with zero attached hydrogens (tertiary/aromatic N) is 6. The first-order chi connectivity index (χ1) is 15.4. The predicted molar refractivity (Wildman–Crippen MR) is 122 cm³/mol. The van der Waals surface area contributed by atoms with Crippen molar-refractivity contribution >= 4 is 17.1 Å². The zero-order valence-corrected chi connectivity index (χ0v) is 18.2. The van der Waals surface area contributed by atoms with Crippen LogP contribution in [0.3, 0.4) is 0 Å². The maximum atomic E-state index is 13.5. The Labute approximate surface area is 185 Å². The Morgan fingerprint density at radius 2 is 2.09 bits per heavy atom. The number of piperidine rings is 1. The van der Waals surface area contributed by atoms with Gasteiger partial charge in [-0.15, -0.1) is 5.92 Å². The lowest BCUT2D eigenvalue weighted by Crippen LogP contribution is -2.44. The molecule has 0 radical (unpaired) electrons. The van der Waals surface area contributed by atoms with Crippen LogP contribution in [0.2, 0.25) is 0 Å². The van der Waals surface area contributed by atoms with Gasteiger partial charge in [0.1, 0.15) is 0 Å². The van der Waals surface area contributed by atoms with Crippen molar-refractivity contribution in [1.29, 1.82) is 5.26 Å². The molecule has 0 saturated carbocycles. The molecule has 9 nitrogen and oxygen atoms in total. The molecule has 1 atom stereocenters. The number of imidazole rings is 1. The van der Waals surface area contributed by atoms with Gasteiger partial charge in [-0.25, -0.2) is 4.79 Å². The average Bonchev–Trinajstić information content (AvgIpc) is 3.19. The molecule has 3 aromatic rings. The van der Waals surface area contributed by atoms with Crippen LogP contribution in [0.15, 0.2) is 33.9 Å². The smallest absolute Gasteiger partial charge is 0.332 e. The SMILES string of the molecule is CC#CCn1c(N2CCC[C@@H](N)C2)nc2c1c(=O)n(Cc1cccc(C#N)c1)c(=O)n2C. The van der Waals surface area contributed by atoms with Gasteiger partial charge in [0.2, 0.25) is 5.95 Å². The van der Waals surface area contributed by atoms with Gasteiger partial charge >= 0.3 is 5.69 Å². The summed E-state index contributed by atoms with van der Waals surface area (Å²) < 4.78 is 4.37. The molecular formula is C23H25N7O2. The Hall–Kier alpha value is -3.82. The second-order valence-corrected chi connectivity index (χ2v) is 7.99. The van der Waals surface area contributed by atoms with E-state index in [-0.39, 0.29) is 19.1 Å². The summed E-state index contributed by atoms with van der Waals surface area (Å²) >= 11 is 0. The van der Waals surface area contributed by atoms with Gasteiger partial charge in [0.05, 0.1) is 24.7 Å². The quantitative estimate of drug-likeness (QED) is 0.610. The number of benzene rings is 1. The zero-order valence-electron chi connectivity index (χ0n) is 18.2. The van der Waals surface area contributed by atoms with Gasteiger partial charge in [0.15, 0.2) is 11.2 Å². The maximum absolute atomic E-state index is 13.5. The third kappa shape index (κ3) is 3.79. The van der Waals surface area contributed by atoms with Gasteiger partial charge < -0.3 is 10.6 Å². The first kappa shape index (κ1) is 21.4. The molecule has 4 rings (SSSR count). The number of nitrogens with two attached hydrogens (primary N) is 1. The Kier molecular flexibility index (Phi) is 5.85. The molecule has 1 saturated heterocycles. The fraction of sp³-hybridized carbons (Fsp3) is 0.391. The molecule has 164 valence electrons. The van der Waals surface area contributed by atoms with Gasteiger partial charge in [0, 0.05) is 26.2 Å². The number of nitriles is 1. The van der Waals surface area contributed by atoms with E-state index in [0.717, 1.165) is 19.4 Å². The van der Waals surface area contributed by atoms with Crippen LogP contribution in [-0.4, -0.2) is 37.8 Å². The lowest BCUT2D eigenvalue weighted by atomic mass is 10.1. The highest BCUT2D eigenvalue weighted by Crippen LogP contribution is 2.22. The largest absolute Gasteiger partial charge is 0.341 e. The molecule has 0 amide bonds. The first-order valence-electron chi connectivity index (χ1n) is 10.5. The van der Waals surface area contributed by atoms with E-state index in [0.29, 0.717) is 34.8 Å². The van der Waals surface area contributed by atoms with Crippen molar-refractivity contribution in [2.45, 2.75) is 38.9 Å². The minimum absolute atomic E-state index is 0.0298. The minimum atomic E-state index is -0.460. The van der Waals surface area contributed by atoms with Crippen molar-refractivity contribution in [2.75, 3.05) is 18.0 Å². The van der Waals surface area contributed by atoms with Gasteiger partial charge in [0.25, 0.3) is 5.56 Å². The summed E-state index contributed by atoms with van der Waals surface area (Å²) in [6, 6.07) is 9.00. The summed E-state index contributed by atoms with van der Waals surface area (Å²) in [5, 5.41) is 9.16. The van der Waals surface area contributed by atoms with Crippen molar-refractivity contribution in [3.05, 3.63) is 56.2 Å². The standard InChI is InChI=1S/C23H25N7O2/c1-3-4-11-29-19-20(26-22(29)28-10-6-9-18(25)15-28)27(2)23(32)30(21(19)31)14-17-8-5-7-16(12-17)13-24/h5,7-8,12,18H,6,9-11,14-15,25H2,1-2H3/t18-/m1/s1. The molecule has 3 heterocycles. The molecule has 0 bridgehead atoms. The molecule has 2 aromatic heterocycles. The predicted octanol–water partition coefficient (Wildman–Crippen LogP) is 0.767. The lowest BCUT2D eigenvalue weighted by molar-refractivity contribution is 0.496. The van der Waals surface area contributed by atoms with E-state index in [4.69, 9.17) is 16.0 Å². The van der Waals surface area contributed by atoms with Crippen LogP contribution < -0.4 is 21.9 Å². The highest BCUT2D eigenvalue weighted by molar-refractivity contribution is 5.75. The summed E-state index contributed by atoms with van der Waals surface area (Å²) in [5.74, 6) is 6.50. The second-order valence-electron chi connectivity index (χ2n) is 7.99. The first-order valence-corrected chi connectivity index (χ1v) is 10.5. The summed E-state index contributed by atoms with van der Waals surface area (Å²) in [6.45, 7) is 3.49. The van der Waals surface area contributed by atoms with E-state index in [1.54, 1.807) is 42.8 Å². The van der Waals surface area contributed by atoms with Gasteiger partial charge in [-0.1, -0.05) is 18.1 Å². The van der Waals surface area contributed by atoms with E-state index in [1.807, 2.05) is 0 Å². The number of rotatable bonds is 4. The normalized spacial score (nSPS) is 15.9. The van der Waals surface area contributed by atoms with E-state index >= 15 is 0 Å². The molecule has 0 spiro atoms. The fourth-order valence-corrected chi connectivity index (χ4v) is 4.16. The van der Waals surface area contributed by atoms with E-state index < -0.39 is 11.2 Å². The van der Waals surface area contributed by atoms with Crippen LogP contribution in [-0.2, 0) is 20.1 Å². The highest BCUT2D eigenvalue weighted by Gasteiger charge is 2.26. The van der Waals surface area contributed by atoms with Crippen LogP contribution in [0.1, 0.15) is 30.9 Å². The molecule has 9 heteroatoms. The topological polar surface area (TPSA) is 115 Å². The minimum Gasteiger partial charge on any atom is -0.341 e. The number of anilines is 1.